The number of hydrazine groups is 1. The maximum atomic E-state index is 12.5. The van der Waals surface area contributed by atoms with Crippen molar-refractivity contribution >= 4 is 31.6 Å². The van der Waals surface area contributed by atoms with Gasteiger partial charge in [-0.25, -0.2) is 13.4 Å². The van der Waals surface area contributed by atoms with Gasteiger partial charge < -0.3 is 5.73 Å². The molecule has 5 nitrogen and oxygen atoms in total. The number of rotatable bonds is 3. The molecule has 0 radical (unpaired) electrons. The maximum absolute atomic E-state index is 12.5. The summed E-state index contributed by atoms with van der Waals surface area (Å²) in [6.45, 7) is 4.06. The molecular weight excluding hydrogens is 342 g/mol. The Morgan fingerprint density at radius 2 is 1.90 bits per heavy atom. The normalized spacial score (nSPS) is 24.8. The van der Waals surface area contributed by atoms with Crippen LogP contribution in [0.15, 0.2) is 27.6 Å². The number of benzene rings is 1. The average Bonchev–Trinajstić information content (AvgIpc) is 2.37. The van der Waals surface area contributed by atoms with Crippen molar-refractivity contribution in [3.05, 3.63) is 22.7 Å². The molecule has 0 amide bonds. The third kappa shape index (κ3) is 3.33. The first-order valence-corrected chi connectivity index (χ1v) is 8.94. The van der Waals surface area contributed by atoms with Crippen LogP contribution >= 0.6 is 15.9 Å². The van der Waals surface area contributed by atoms with Crippen molar-refractivity contribution < 1.29 is 8.42 Å². The number of nitrogens with zero attached hydrogens (tertiary/aromatic N) is 1. The number of hydrogen-bond donors (Lipinski definition) is 2. The largest absolute Gasteiger partial charge is 0.398 e. The number of nitrogens with two attached hydrogens (primary N) is 1. The minimum absolute atomic E-state index is 0.108. The lowest BCUT2D eigenvalue weighted by atomic mass is 10.0. The van der Waals surface area contributed by atoms with Gasteiger partial charge in [0.15, 0.2) is 0 Å². The van der Waals surface area contributed by atoms with Gasteiger partial charge in [-0.15, -0.1) is 4.83 Å². The third-order valence-electron chi connectivity index (χ3n) is 3.68. The van der Waals surface area contributed by atoms with Crippen molar-refractivity contribution in [2.24, 2.45) is 0 Å². The molecule has 2 atom stereocenters. The van der Waals surface area contributed by atoms with E-state index in [0.29, 0.717) is 4.47 Å². The first-order chi connectivity index (χ1) is 9.31. The van der Waals surface area contributed by atoms with E-state index in [2.05, 4.69) is 20.8 Å². The Kier molecular flexibility index (Phi) is 4.73. The Hall–Kier alpha value is -0.630. The van der Waals surface area contributed by atoms with Crippen molar-refractivity contribution in [1.82, 2.24) is 9.84 Å². The van der Waals surface area contributed by atoms with Crippen molar-refractivity contribution in [3.63, 3.8) is 0 Å². The van der Waals surface area contributed by atoms with Gasteiger partial charge in [-0.3, -0.25) is 0 Å². The summed E-state index contributed by atoms with van der Waals surface area (Å²) in [5.74, 6) is 0. The number of nitrogen functional groups attached to an aromatic ring is 1. The molecule has 0 aliphatic carbocycles. The van der Waals surface area contributed by atoms with E-state index in [0.717, 1.165) is 19.3 Å². The van der Waals surface area contributed by atoms with Gasteiger partial charge in [-0.05, 0) is 44.9 Å². The molecule has 0 aromatic heterocycles. The summed E-state index contributed by atoms with van der Waals surface area (Å²) < 4.78 is 25.7. The Balaban J connectivity index is 2.28. The molecule has 1 heterocycles. The third-order valence-corrected chi connectivity index (χ3v) is 5.56. The van der Waals surface area contributed by atoms with Gasteiger partial charge in [0.1, 0.15) is 4.90 Å². The van der Waals surface area contributed by atoms with Gasteiger partial charge in [0.25, 0.3) is 10.0 Å². The molecular formula is C13H20BrN3O2S. The number of halogens is 1. The highest BCUT2D eigenvalue weighted by Crippen LogP contribution is 2.26. The van der Waals surface area contributed by atoms with Crippen LogP contribution in [0.1, 0.15) is 33.1 Å². The average molecular weight is 362 g/mol. The molecule has 0 spiro atoms. The Morgan fingerprint density at radius 3 is 2.50 bits per heavy atom. The summed E-state index contributed by atoms with van der Waals surface area (Å²) >= 11 is 3.28. The van der Waals surface area contributed by atoms with Gasteiger partial charge in [0.2, 0.25) is 0 Å². The van der Waals surface area contributed by atoms with Crippen LogP contribution in [0.5, 0.6) is 0 Å². The minimum atomic E-state index is -3.66. The molecule has 1 fully saturated rings. The molecule has 20 heavy (non-hydrogen) atoms. The van der Waals surface area contributed by atoms with E-state index in [1.165, 1.54) is 6.07 Å². The molecule has 3 N–H and O–H groups in total. The molecule has 0 saturated carbocycles. The lowest BCUT2D eigenvalue weighted by Gasteiger charge is -2.38. The highest BCUT2D eigenvalue weighted by atomic mass is 79.9. The van der Waals surface area contributed by atoms with Gasteiger partial charge in [0.05, 0.1) is 5.69 Å². The van der Waals surface area contributed by atoms with Gasteiger partial charge in [-0.1, -0.05) is 22.4 Å². The quantitative estimate of drug-likeness (QED) is 0.810. The molecule has 1 aliphatic rings. The van der Waals surface area contributed by atoms with Gasteiger partial charge >= 0.3 is 0 Å². The Bertz CT molecular complexity index is 581. The molecule has 1 aliphatic heterocycles. The molecule has 1 aromatic carbocycles. The Morgan fingerprint density at radius 1 is 1.30 bits per heavy atom. The predicted molar refractivity (Wildman–Crippen MR) is 83.5 cm³/mol. The van der Waals surface area contributed by atoms with Crippen LogP contribution in [0.2, 0.25) is 0 Å². The fraction of sp³-hybridized carbons (Fsp3) is 0.538. The Labute approximate surface area is 128 Å². The molecule has 112 valence electrons. The smallest absolute Gasteiger partial charge is 0.255 e. The minimum Gasteiger partial charge on any atom is -0.398 e. The van der Waals surface area contributed by atoms with E-state index in [9.17, 15) is 8.42 Å². The van der Waals surface area contributed by atoms with Crippen LogP contribution in [0, 0.1) is 0 Å². The number of piperidine rings is 1. The maximum Gasteiger partial charge on any atom is 0.255 e. The lowest BCUT2D eigenvalue weighted by molar-refractivity contribution is 0.0790. The number of anilines is 1. The highest BCUT2D eigenvalue weighted by Gasteiger charge is 2.30. The molecule has 2 unspecified atom stereocenters. The summed E-state index contributed by atoms with van der Waals surface area (Å²) in [4.78, 5) is 2.79. The summed E-state index contributed by atoms with van der Waals surface area (Å²) in [7, 11) is -3.66. The zero-order chi connectivity index (χ0) is 14.9. The van der Waals surface area contributed by atoms with Crippen LogP contribution < -0.4 is 10.6 Å². The molecule has 1 aromatic rings. The zero-order valence-corrected chi connectivity index (χ0v) is 14.0. The second kappa shape index (κ2) is 6.01. The molecule has 7 heteroatoms. The van der Waals surface area contributed by atoms with E-state index in [1.807, 2.05) is 18.9 Å². The fourth-order valence-corrected chi connectivity index (χ4v) is 4.44. The summed E-state index contributed by atoms with van der Waals surface area (Å²) in [5, 5.41) is 1.82. The van der Waals surface area contributed by atoms with E-state index in [1.54, 1.807) is 12.1 Å². The van der Waals surface area contributed by atoms with Crippen LogP contribution in [0.4, 0.5) is 5.69 Å². The van der Waals surface area contributed by atoms with Crippen molar-refractivity contribution in [2.45, 2.75) is 50.1 Å². The topological polar surface area (TPSA) is 75.4 Å². The van der Waals surface area contributed by atoms with Crippen molar-refractivity contribution in [3.8, 4) is 0 Å². The standard InChI is InChI=1S/C13H20BrN3O2S/c1-9-4-3-5-10(2)17(9)16-20(18,19)13-8-11(14)6-7-12(13)15/h6-10,16H,3-5,15H2,1-2H3. The zero-order valence-electron chi connectivity index (χ0n) is 11.6. The summed E-state index contributed by atoms with van der Waals surface area (Å²) in [6, 6.07) is 5.20. The van der Waals surface area contributed by atoms with Crippen molar-refractivity contribution in [1.29, 1.82) is 0 Å². The van der Waals surface area contributed by atoms with Crippen LogP contribution in [-0.4, -0.2) is 25.5 Å². The molecule has 0 bridgehead atoms. The van der Waals surface area contributed by atoms with E-state index in [-0.39, 0.29) is 22.7 Å². The van der Waals surface area contributed by atoms with Gasteiger partial charge in [-0.2, -0.15) is 0 Å². The number of hydrogen-bond acceptors (Lipinski definition) is 4. The van der Waals surface area contributed by atoms with E-state index >= 15 is 0 Å². The SMILES string of the molecule is CC1CCCC(C)N1NS(=O)(=O)c1cc(Br)ccc1N. The first-order valence-electron chi connectivity index (χ1n) is 6.67. The van der Waals surface area contributed by atoms with Gasteiger partial charge in [0, 0.05) is 16.6 Å². The molecule has 1 saturated heterocycles. The number of nitrogens with one attached hydrogen (secondary N) is 1. The van der Waals surface area contributed by atoms with Crippen LogP contribution in [0.3, 0.4) is 0 Å². The lowest BCUT2D eigenvalue weighted by Crippen LogP contribution is -2.54. The fourth-order valence-electron chi connectivity index (χ4n) is 2.53. The van der Waals surface area contributed by atoms with Crippen LogP contribution in [0.25, 0.3) is 0 Å². The highest BCUT2D eigenvalue weighted by molar-refractivity contribution is 9.10. The summed E-state index contributed by atoms with van der Waals surface area (Å²) in [5.41, 5.74) is 6.04. The summed E-state index contributed by atoms with van der Waals surface area (Å²) in [6.07, 6.45) is 3.10. The first kappa shape index (κ1) is 15.8. The monoisotopic (exact) mass is 361 g/mol. The van der Waals surface area contributed by atoms with E-state index < -0.39 is 10.0 Å². The van der Waals surface area contributed by atoms with Crippen molar-refractivity contribution in [2.75, 3.05) is 5.73 Å². The van der Waals surface area contributed by atoms with E-state index in [4.69, 9.17) is 5.73 Å². The number of sulfonamides is 1. The second-order valence-corrected chi connectivity index (χ2v) is 7.86. The molecule has 2 rings (SSSR count). The predicted octanol–water partition coefficient (Wildman–Crippen LogP) is 2.49. The second-order valence-electron chi connectivity index (χ2n) is 5.31. The van der Waals surface area contributed by atoms with Crippen LogP contribution in [-0.2, 0) is 10.0 Å².